The summed E-state index contributed by atoms with van der Waals surface area (Å²) >= 11 is 0. The van der Waals surface area contributed by atoms with Crippen LogP contribution >= 0.6 is 0 Å². The van der Waals surface area contributed by atoms with Crippen molar-refractivity contribution >= 4 is 52.0 Å². The van der Waals surface area contributed by atoms with E-state index in [9.17, 15) is 27.6 Å². The molecule has 2 heterocycles. The Labute approximate surface area is 224 Å². The summed E-state index contributed by atoms with van der Waals surface area (Å²) in [7, 11) is 3.13. The molecular formula is C25H25BN6O6S. The first-order valence-electron chi connectivity index (χ1n) is 12.3. The van der Waals surface area contributed by atoms with Gasteiger partial charge in [0.25, 0.3) is 5.56 Å². The molecule has 3 aromatic rings. The van der Waals surface area contributed by atoms with Gasteiger partial charge in [0, 0.05) is 42.1 Å². The van der Waals surface area contributed by atoms with Crippen molar-refractivity contribution in [2.24, 2.45) is 18.9 Å². The molecule has 0 bridgehead atoms. The highest BCUT2D eigenvalue weighted by Crippen LogP contribution is 2.32. The number of carbonyl (C=O) groups excluding carboxylic acids is 2. The molecule has 2 fully saturated rings. The second kappa shape index (κ2) is 9.89. The first-order valence-corrected chi connectivity index (χ1v) is 14.2. The van der Waals surface area contributed by atoms with E-state index in [4.69, 9.17) is 7.85 Å². The third-order valence-electron chi connectivity index (χ3n) is 6.54. The molecule has 0 atom stereocenters. The molecule has 2 aromatic heterocycles. The molecule has 200 valence electrons. The van der Waals surface area contributed by atoms with Crippen LogP contribution in [0.25, 0.3) is 11.2 Å². The molecule has 0 spiro atoms. The standard InChI is InChI=1S/C25H25BN6O6S/c1-30-23(35)19-20(29-24(32(19)13-26)39(2,37)38)31(25(30)36)9-3-4-14-10-17(27-21(33)15-5-6-15)12-18(11-14)28-22(34)16-7-8-16/h10-12,15-16H,5-9,13H2,1-2H3,(H,27,33)(H,28,34). The summed E-state index contributed by atoms with van der Waals surface area (Å²) in [4.78, 5) is 54.4. The van der Waals surface area contributed by atoms with E-state index in [2.05, 4.69) is 27.5 Å². The predicted molar refractivity (Wildman–Crippen MR) is 144 cm³/mol. The fraction of sp³-hybridized carbons (Fsp3) is 0.400. The highest BCUT2D eigenvalue weighted by Gasteiger charge is 2.31. The second-order valence-corrected chi connectivity index (χ2v) is 11.7. The Morgan fingerprint density at radius 3 is 2.08 bits per heavy atom. The summed E-state index contributed by atoms with van der Waals surface area (Å²) in [6.07, 6.45) is 3.93. The van der Waals surface area contributed by atoms with Crippen LogP contribution in [-0.2, 0) is 39.5 Å². The number of nitrogens with one attached hydrogen (secondary N) is 2. The van der Waals surface area contributed by atoms with E-state index in [1.54, 1.807) is 18.2 Å². The molecule has 2 aliphatic carbocycles. The summed E-state index contributed by atoms with van der Waals surface area (Å²) in [5.74, 6) is 5.54. The molecule has 2 amide bonds. The lowest BCUT2D eigenvalue weighted by Gasteiger charge is -2.10. The van der Waals surface area contributed by atoms with Crippen LogP contribution in [0.2, 0.25) is 0 Å². The minimum absolute atomic E-state index is 0.0200. The first-order chi connectivity index (χ1) is 18.5. The zero-order valence-electron chi connectivity index (χ0n) is 21.4. The van der Waals surface area contributed by atoms with Crippen LogP contribution in [0.1, 0.15) is 31.2 Å². The van der Waals surface area contributed by atoms with Crippen LogP contribution in [-0.4, -0.2) is 53.0 Å². The highest BCUT2D eigenvalue weighted by molar-refractivity contribution is 7.90. The number of sulfone groups is 1. The predicted octanol–water partition coefficient (Wildman–Crippen LogP) is 0.175. The summed E-state index contributed by atoms with van der Waals surface area (Å²) < 4.78 is 27.5. The van der Waals surface area contributed by atoms with Gasteiger partial charge in [0.1, 0.15) is 0 Å². The van der Waals surface area contributed by atoms with Gasteiger partial charge in [-0.1, -0.05) is 11.8 Å². The normalized spacial score (nSPS) is 15.0. The van der Waals surface area contributed by atoms with Crippen LogP contribution in [0, 0.1) is 23.7 Å². The minimum atomic E-state index is -3.86. The van der Waals surface area contributed by atoms with E-state index in [1.807, 2.05) is 0 Å². The zero-order chi connectivity index (χ0) is 28.1. The Bertz CT molecular complexity index is 1780. The maximum Gasteiger partial charge on any atom is 0.333 e. The van der Waals surface area contributed by atoms with Gasteiger partial charge in [-0.2, -0.15) is 4.98 Å². The summed E-state index contributed by atoms with van der Waals surface area (Å²) in [6.45, 7) is -0.226. The van der Waals surface area contributed by atoms with E-state index >= 15 is 0 Å². The summed E-state index contributed by atoms with van der Waals surface area (Å²) in [5, 5.41) is 5.28. The number of hydrogen-bond acceptors (Lipinski definition) is 7. The minimum Gasteiger partial charge on any atom is -0.326 e. The van der Waals surface area contributed by atoms with Gasteiger partial charge >= 0.3 is 5.69 Å². The van der Waals surface area contributed by atoms with Crippen molar-refractivity contribution in [3.05, 3.63) is 44.6 Å². The van der Waals surface area contributed by atoms with Crippen LogP contribution in [0.4, 0.5) is 11.4 Å². The molecular weight excluding hydrogens is 523 g/mol. The van der Waals surface area contributed by atoms with Gasteiger partial charge < -0.3 is 15.2 Å². The summed E-state index contributed by atoms with van der Waals surface area (Å²) in [5.41, 5.74) is -0.318. The van der Waals surface area contributed by atoms with Crippen molar-refractivity contribution < 1.29 is 18.0 Å². The third kappa shape index (κ3) is 5.40. The van der Waals surface area contributed by atoms with Gasteiger partial charge in [-0.25, -0.2) is 13.2 Å². The maximum absolute atomic E-state index is 12.9. The number of anilines is 2. The van der Waals surface area contributed by atoms with Crippen molar-refractivity contribution in [3.8, 4) is 11.8 Å². The van der Waals surface area contributed by atoms with Crippen molar-refractivity contribution in [1.82, 2.24) is 18.7 Å². The lowest BCUT2D eigenvalue weighted by Crippen LogP contribution is -2.38. The van der Waals surface area contributed by atoms with Crippen LogP contribution in [0.5, 0.6) is 0 Å². The Balaban J connectivity index is 1.53. The van der Waals surface area contributed by atoms with Gasteiger partial charge in [-0.15, -0.1) is 0 Å². The number of nitrogens with zero attached hydrogens (tertiary/aromatic N) is 4. The molecule has 2 N–H and O–H groups in total. The number of aromatic nitrogens is 4. The molecule has 0 saturated heterocycles. The number of fused-ring (bicyclic) bond motifs is 1. The maximum atomic E-state index is 12.9. The fourth-order valence-electron chi connectivity index (χ4n) is 4.18. The lowest BCUT2D eigenvalue weighted by atomic mass is 10.1. The molecule has 0 aliphatic heterocycles. The van der Waals surface area contributed by atoms with E-state index < -0.39 is 26.2 Å². The highest BCUT2D eigenvalue weighted by atomic mass is 32.2. The molecule has 1 aromatic carbocycles. The Morgan fingerprint density at radius 1 is 1.03 bits per heavy atom. The number of imidazole rings is 1. The summed E-state index contributed by atoms with van der Waals surface area (Å²) in [6, 6.07) is 4.98. The van der Waals surface area contributed by atoms with E-state index in [1.165, 1.54) is 7.05 Å². The number of benzene rings is 1. The van der Waals surface area contributed by atoms with Crippen LogP contribution in [0.3, 0.4) is 0 Å². The van der Waals surface area contributed by atoms with Gasteiger partial charge in [0.15, 0.2) is 11.2 Å². The smallest absolute Gasteiger partial charge is 0.326 e. The van der Waals surface area contributed by atoms with Crippen molar-refractivity contribution in [2.45, 2.75) is 43.8 Å². The molecule has 2 radical (unpaired) electrons. The van der Waals surface area contributed by atoms with Crippen molar-refractivity contribution in [2.75, 3.05) is 16.9 Å². The number of amides is 2. The SMILES string of the molecule is [B]Cn1c(S(C)(=O)=O)nc2c1c(=O)n(C)c(=O)n2CC#Cc1cc(NC(=O)C2CC2)cc(NC(=O)C2CC2)c1. The number of hydrogen-bond donors (Lipinski definition) is 2. The third-order valence-corrected chi connectivity index (χ3v) is 7.52. The molecule has 5 rings (SSSR count). The van der Waals surface area contributed by atoms with Gasteiger partial charge in [-0.3, -0.25) is 23.5 Å². The Morgan fingerprint density at radius 2 is 1.59 bits per heavy atom. The Hall–Kier alpha value is -4.12. The quantitative estimate of drug-likeness (QED) is 0.315. The van der Waals surface area contributed by atoms with Gasteiger partial charge in [-0.05, 0) is 50.3 Å². The molecule has 0 unspecified atom stereocenters. The monoisotopic (exact) mass is 548 g/mol. The topological polar surface area (TPSA) is 154 Å². The van der Waals surface area contributed by atoms with E-state index in [0.717, 1.165) is 45.6 Å². The average Bonchev–Trinajstić information content (AvgIpc) is 3.79. The molecule has 14 heteroatoms. The Kier molecular flexibility index (Phi) is 6.71. The zero-order valence-corrected chi connectivity index (χ0v) is 22.2. The molecule has 2 saturated carbocycles. The number of carbonyl (C=O) groups is 2. The second-order valence-electron chi connectivity index (χ2n) is 9.81. The molecule has 2 aliphatic rings. The lowest BCUT2D eigenvalue weighted by molar-refractivity contribution is -0.118. The average molecular weight is 548 g/mol. The number of rotatable bonds is 7. The van der Waals surface area contributed by atoms with Crippen LogP contribution in [0.15, 0.2) is 32.9 Å². The van der Waals surface area contributed by atoms with Crippen molar-refractivity contribution in [1.29, 1.82) is 0 Å². The first kappa shape index (κ1) is 26.5. The van der Waals surface area contributed by atoms with Gasteiger partial charge in [0.05, 0.1) is 14.4 Å². The van der Waals surface area contributed by atoms with E-state index in [0.29, 0.717) is 16.9 Å². The molecule has 39 heavy (non-hydrogen) atoms. The largest absolute Gasteiger partial charge is 0.333 e. The van der Waals surface area contributed by atoms with Gasteiger partial charge in [0.2, 0.25) is 26.8 Å². The molecule has 12 nitrogen and oxygen atoms in total. The van der Waals surface area contributed by atoms with Crippen LogP contribution < -0.4 is 21.9 Å². The van der Waals surface area contributed by atoms with Crippen molar-refractivity contribution in [3.63, 3.8) is 0 Å². The van der Waals surface area contributed by atoms with E-state index in [-0.39, 0.29) is 47.8 Å². The fourth-order valence-corrected chi connectivity index (χ4v) is 4.99.